The summed E-state index contributed by atoms with van der Waals surface area (Å²) in [5, 5.41) is 12.1. The number of furan rings is 1. The highest BCUT2D eigenvalue weighted by atomic mass is 32.2. The topological polar surface area (TPSA) is 82.8 Å². The Morgan fingerprint density at radius 3 is 3.10 bits per heavy atom. The van der Waals surface area contributed by atoms with Crippen LogP contribution in [-0.2, 0) is 5.75 Å². The predicted molar refractivity (Wildman–Crippen MR) is 82.1 cm³/mol. The van der Waals surface area contributed by atoms with Crippen molar-refractivity contribution in [2.45, 2.75) is 29.8 Å². The van der Waals surface area contributed by atoms with Crippen molar-refractivity contribution < 1.29 is 4.42 Å². The zero-order valence-electron chi connectivity index (χ0n) is 11.1. The molecule has 0 bridgehead atoms. The summed E-state index contributed by atoms with van der Waals surface area (Å²) in [5.74, 6) is 1.27. The van der Waals surface area contributed by atoms with Gasteiger partial charge in [-0.25, -0.2) is 4.98 Å². The van der Waals surface area contributed by atoms with E-state index in [0.29, 0.717) is 12.0 Å². The first kappa shape index (κ1) is 12.9. The fourth-order valence-electron chi connectivity index (χ4n) is 2.09. The molecule has 3 heterocycles. The van der Waals surface area contributed by atoms with Gasteiger partial charge in [-0.1, -0.05) is 11.8 Å². The van der Waals surface area contributed by atoms with Gasteiger partial charge in [0.15, 0.2) is 5.16 Å². The van der Waals surface area contributed by atoms with Crippen molar-refractivity contribution in [3.05, 3.63) is 29.7 Å². The van der Waals surface area contributed by atoms with E-state index in [1.54, 1.807) is 35.6 Å². The van der Waals surface area contributed by atoms with Crippen molar-refractivity contribution >= 4 is 29.0 Å². The fourth-order valence-corrected chi connectivity index (χ4v) is 3.91. The van der Waals surface area contributed by atoms with Crippen LogP contribution in [0.1, 0.15) is 24.6 Å². The Hall–Kier alpha value is -1.80. The van der Waals surface area contributed by atoms with Crippen LogP contribution in [0.2, 0.25) is 0 Å². The molecule has 0 radical (unpaired) electrons. The number of aromatic nitrogens is 4. The quantitative estimate of drug-likeness (QED) is 0.727. The average Bonchev–Trinajstić information content (AvgIpc) is 2.94. The van der Waals surface area contributed by atoms with Gasteiger partial charge >= 0.3 is 0 Å². The zero-order chi connectivity index (χ0) is 14.2. The van der Waals surface area contributed by atoms with E-state index >= 15 is 0 Å². The summed E-state index contributed by atoms with van der Waals surface area (Å²) < 4.78 is 7.12. The van der Waals surface area contributed by atoms with E-state index in [4.69, 9.17) is 10.2 Å². The van der Waals surface area contributed by atoms with Crippen molar-refractivity contribution in [1.82, 2.24) is 19.7 Å². The van der Waals surface area contributed by atoms with E-state index in [1.165, 1.54) is 0 Å². The third kappa shape index (κ3) is 2.56. The first-order valence-corrected chi connectivity index (χ1v) is 8.48. The highest BCUT2D eigenvalue weighted by Crippen LogP contribution is 2.40. The molecule has 1 fully saturated rings. The smallest absolute Gasteiger partial charge is 0.222 e. The molecule has 0 unspecified atom stereocenters. The SMILES string of the molecule is Nc1nnc(SCc2csc(-c3ccoc3)n2)n1C1CC1. The maximum absolute atomic E-state index is 5.87. The van der Waals surface area contributed by atoms with E-state index in [0.717, 1.165) is 40.0 Å². The van der Waals surface area contributed by atoms with Gasteiger partial charge in [-0.3, -0.25) is 4.57 Å². The highest BCUT2D eigenvalue weighted by Gasteiger charge is 2.28. The van der Waals surface area contributed by atoms with Crippen LogP contribution in [0.4, 0.5) is 5.95 Å². The fraction of sp³-hybridized carbons (Fsp3) is 0.308. The lowest BCUT2D eigenvalue weighted by Crippen LogP contribution is -2.02. The van der Waals surface area contributed by atoms with E-state index in [-0.39, 0.29) is 0 Å². The second-order valence-electron chi connectivity index (χ2n) is 4.89. The van der Waals surface area contributed by atoms with Gasteiger partial charge < -0.3 is 10.2 Å². The molecule has 0 atom stereocenters. The first-order chi connectivity index (χ1) is 10.3. The molecule has 3 aromatic rings. The number of thioether (sulfide) groups is 1. The number of thiazole rings is 1. The molecule has 6 nitrogen and oxygen atoms in total. The third-order valence-corrected chi connectivity index (χ3v) is 5.19. The average molecular weight is 319 g/mol. The predicted octanol–water partition coefficient (Wildman–Crippen LogP) is 3.20. The molecular formula is C13H13N5OS2. The lowest BCUT2D eigenvalue weighted by atomic mass is 10.4. The van der Waals surface area contributed by atoms with Gasteiger partial charge in [-0.05, 0) is 18.9 Å². The van der Waals surface area contributed by atoms with Crippen molar-refractivity contribution in [2.24, 2.45) is 0 Å². The monoisotopic (exact) mass is 319 g/mol. The Morgan fingerprint density at radius 1 is 1.43 bits per heavy atom. The van der Waals surface area contributed by atoms with Crippen molar-refractivity contribution in [2.75, 3.05) is 5.73 Å². The van der Waals surface area contributed by atoms with Gasteiger partial charge in [0.1, 0.15) is 11.3 Å². The largest absolute Gasteiger partial charge is 0.472 e. The Balaban J connectivity index is 1.48. The van der Waals surface area contributed by atoms with Gasteiger partial charge in [0.25, 0.3) is 0 Å². The molecule has 4 rings (SSSR count). The molecule has 21 heavy (non-hydrogen) atoms. The van der Waals surface area contributed by atoms with Crippen molar-refractivity contribution in [3.8, 4) is 10.6 Å². The molecule has 3 aromatic heterocycles. The minimum absolute atomic E-state index is 0.486. The van der Waals surface area contributed by atoms with Gasteiger partial charge in [0.05, 0.1) is 12.0 Å². The van der Waals surface area contributed by atoms with Crippen LogP contribution in [-0.4, -0.2) is 19.7 Å². The summed E-state index contributed by atoms with van der Waals surface area (Å²) in [6, 6.07) is 2.40. The first-order valence-electron chi connectivity index (χ1n) is 6.61. The molecule has 2 N–H and O–H groups in total. The van der Waals surface area contributed by atoms with Crippen molar-refractivity contribution in [1.29, 1.82) is 0 Å². The van der Waals surface area contributed by atoms with Gasteiger partial charge in [0.2, 0.25) is 5.95 Å². The third-order valence-electron chi connectivity index (χ3n) is 3.27. The second kappa shape index (κ2) is 5.19. The number of hydrogen-bond donors (Lipinski definition) is 1. The lowest BCUT2D eigenvalue weighted by molar-refractivity contribution is 0.568. The van der Waals surface area contributed by atoms with Crippen LogP contribution in [0.25, 0.3) is 10.6 Å². The van der Waals surface area contributed by atoms with Crippen LogP contribution < -0.4 is 5.73 Å². The van der Waals surface area contributed by atoms with Crippen LogP contribution in [0.5, 0.6) is 0 Å². The molecule has 8 heteroatoms. The number of anilines is 1. The minimum Gasteiger partial charge on any atom is -0.472 e. The Bertz CT molecular complexity index is 745. The lowest BCUT2D eigenvalue weighted by Gasteiger charge is -2.04. The molecule has 1 aliphatic rings. The molecule has 0 aliphatic heterocycles. The standard InChI is InChI=1S/C13H13N5OS2/c14-12-16-17-13(18(12)10-1-2-10)21-7-9-6-20-11(15-9)8-3-4-19-5-8/h3-6,10H,1-2,7H2,(H2,14,16). The Morgan fingerprint density at radius 2 is 2.33 bits per heavy atom. The number of rotatable bonds is 5. The van der Waals surface area contributed by atoms with Gasteiger partial charge in [-0.15, -0.1) is 21.5 Å². The molecule has 1 saturated carbocycles. The number of nitrogens with zero attached hydrogens (tertiary/aromatic N) is 4. The molecule has 0 amide bonds. The zero-order valence-corrected chi connectivity index (χ0v) is 12.7. The second-order valence-corrected chi connectivity index (χ2v) is 6.69. The number of nitrogens with two attached hydrogens (primary N) is 1. The van der Waals surface area contributed by atoms with E-state index < -0.39 is 0 Å². The van der Waals surface area contributed by atoms with Crippen molar-refractivity contribution in [3.63, 3.8) is 0 Å². The van der Waals surface area contributed by atoms with E-state index in [1.807, 2.05) is 10.6 Å². The summed E-state index contributed by atoms with van der Waals surface area (Å²) >= 11 is 3.25. The summed E-state index contributed by atoms with van der Waals surface area (Å²) in [6.45, 7) is 0. The minimum atomic E-state index is 0.486. The maximum atomic E-state index is 5.87. The normalized spacial score (nSPS) is 14.7. The molecule has 108 valence electrons. The van der Waals surface area contributed by atoms with E-state index in [9.17, 15) is 0 Å². The molecular weight excluding hydrogens is 306 g/mol. The highest BCUT2D eigenvalue weighted by molar-refractivity contribution is 7.98. The van der Waals surface area contributed by atoms with Crippen LogP contribution >= 0.6 is 23.1 Å². The molecule has 1 aliphatic carbocycles. The van der Waals surface area contributed by atoms with Gasteiger partial charge in [0, 0.05) is 22.7 Å². The van der Waals surface area contributed by atoms with Crippen LogP contribution in [0.15, 0.2) is 33.5 Å². The molecule has 0 spiro atoms. The summed E-state index contributed by atoms with van der Waals surface area (Å²) in [5.41, 5.74) is 7.92. The van der Waals surface area contributed by atoms with Crippen LogP contribution in [0, 0.1) is 0 Å². The van der Waals surface area contributed by atoms with Gasteiger partial charge in [-0.2, -0.15) is 0 Å². The maximum Gasteiger partial charge on any atom is 0.222 e. The number of hydrogen-bond acceptors (Lipinski definition) is 7. The van der Waals surface area contributed by atoms with E-state index in [2.05, 4.69) is 20.6 Å². The summed E-state index contributed by atoms with van der Waals surface area (Å²) in [7, 11) is 0. The Labute approximate surface area is 129 Å². The molecule has 0 aromatic carbocycles. The summed E-state index contributed by atoms with van der Waals surface area (Å²) in [6.07, 6.45) is 5.69. The van der Waals surface area contributed by atoms with Crippen LogP contribution in [0.3, 0.4) is 0 Å². The summed E-state index contributed by atoms with van der Waals surface area (Å²) in [4.78, 5) is 4.61. The number of nitrogen functional groups attached to an aromatic ring is 1. The Kier molecular flexibility index (Phi) is 3.19. The molecule has 0 saturated heterocycles.